The van der Waals surface area contributed by atoms with E-state index < -0.39 is 0 Å². The van der Waals surface area contributed by atoms with Crippen LogP contribution in [-0.2, 0) is 4.84 Å². The number of nitrogens with two attached hydrogens (primary N) is 1. The van der Waals surface area contributed by atoms with Gasteiger partial charge in [0.25, 0.3) is 5.17 Å². The molecule has 0 saturated carbocycles. The molecule has 8 heavy (non-hydrogen) atoms. The van der Waals surface area contributed by atoms with E-state index in [1.807, 2.05) is 0 Å². The van der Waals surface area contributed by atoms with Crippen LogP contribution in [0.5, 0.6) is 0 Å². The molecule has 0 aromatic rings. The second kappa shape index (κ2) is 3.37. The predicted octanol–water partition coefficient (Wildman–Crippen LogP) is 0.642. The largest absolute Gasteiger partial charge is 0.358 e. The summed E-state index contributed by atoms with van der Waals surface area (Å²) in [5.41, 5.74) is 5.73. The zero-order valence-electron chi connectivity index (χ0n) is 4.84. The Hall–Kier alpha value is -0.640. The molecular formula is C4H8N2OS. The Morgan fingerprint density at radius 1 is 1.62 bits per heavy atom. The lowest BCUT2D eigenvalue weighted by Gasteiger charge is -1.90. The van der Waals surface area contributed by atoms with Gasteiger partial charge in [-0.05, 0) is 26.1 Å². The van der Waals surface area contributed by atoms with Crippen LogP contribution in [-0.4, -0.2) is 10.9 Å². The van der Waals surface area contributed by atoms with Crippen molar-refractivity contribution < 1.29 is 4.84 Å². The Morgan fingerprint density at radius 2 is 2.12 bits per heavy atom. The van der Waals surface area contributed by atoms with Gasteiger partial charge in [0.05, 0.1) is 5.71 Å². The van der Waals surface area contributed by atoms with Crippen molar-refractivity contribution >= 4 is 23.1 Å². The van der Waals surface area contributed by atoms with Crippen molar-refractivity contribution in [2.75, 3.05) is 0 Å². The number of nitrogens with zero attached hydrogens (tertiary/aromatic N) is 1. The third kappa shape index (κ3) is 5.36. The Balaban J connectivity index is 3.45. The summed E-state index contributed by atoms with van der Waals surface area (Å²) in [5.74, 6) is 0. The SMILES string of the molecule is CC(C)=NOC(N)=S. The van der Waals surface area contributed by atoms with Crippen LogP contribution in [0.3, 0.4) is 0 Å². The van der Waals surface area contributed by atoms with Crippen molar-refractivity contribution in [1.29, 1.82) is 0 Å². The first-order valence-corrected chi connectivity index (χ1v) is 2.51. The summed E-state index contributed by atoms with van der Waals surface area (Å²) in [6.07, 6.45) is 0. The molecule has 3 nitrogen and oxygen atoms in total. The summed E-state index contributed by atoms with van der Waals surface area (Å²) in [5, 5.41) is 3.42. The van der Waals surface area contributed by atoms with Crippen LogP contribution in [0.2, 0.25) is 0 Å². The summed E-state index contributed by atoms with van der Waals surface area (Å²) in [6, 6.07) is 0. The molecule has 4 heteroatoms. The smallest absolute Gasteiger partial charge is 0.286 e. The molecule has 0 saturated heterocycles. The van der Waals surface area contributed by atoms with Gasteiger partial charge in [0, 0.05) is 0 Å². The Bertz CT molecular complexity index is 117. The van der Waals surface area contributed by atoms with Crippen LogP contribution < -0.4 is 5.73 Å². The Morgan fingerprint density at radius 3 is 2.25 bits per heavy atom. The monoisotopic (exact) mass is 132 g/mol. The summed E-state index contributed by atoms with van der Waals surface area (Å²) in [7, 11) is 0. The van der Waals surface area contributed by atoms with Gasteiger partial charge in [-0.15, -0.1) is 0 Å². The molecule has 0 heterocycles. The minimum Gasteiger partial charge on any atom is -0.358 e. The Kier molecular flexibility index (Phi) is 3.10. The van der Waals surface area contributed by atoms with Crippen molar-refractivity contribution in [2.24, 2.45) is 10.9 Å². The molecule has 0 spiro atoms. The molecular weight excluding hydrogens is 124 g/mol. The van der Waals surface area contributed by atoms with E-state index in [1.54, 1.807) is 13.8 Å². The van der Waals surface area contributed by atoms with Crippen molar-refractivity contribution in [3.8, 4) is 0 Å². The molecule has 2 N–H and O–H groups in total. The van der Waals surface area contributed by atoms with Gasteiger partial charge in [-0.2, -0.15) is 0 Å². The normalized spacial score (nSPS) is 7.75. The summed E-state index contributed by atoms with van der Waals surface area (Å²) < 4.78 is 0. The molecule has 0 radical (unpaired) electrons. The highest BCUT2D eigenvalue weighted by atomic mass is 32.1. The molecule has 0 fully saturated rings. The van der Waals surface area contributed by atoms with E-state index >= 15 is 0 Å². The highest BCUT2D eigenvalue weighted by Gasteiger charge is 1.81. The lowest BCUT2D eigenvalue weighted by molar-refractivity contribution is 0.332. The van der Waals surface area contributed by atoms with Crippen LogP contribution in [0, 0.1) is 0 Å². The van der Waals surface area contributed by atoms with E-state index in [0.29, 0.717) is 0 Å². The maximum atomic E-state index is 4.94. The third-order valence-electron chi connectivity index (χ3n) is 0.318. The molecule has 0 aliphatic heterocycles. The van der Waals surface area contributed by atoms with Gasteiger partial charge in [-0.1, -0.05) is 5.16 Å². The van der Waals surface area contributed by atoms with E-state index in [-0.39, 0.29) is 5.17 Å². The van der Waals surface area contributed by atoms with Gasteiger partial charge in [0.1, 0.15) is 0 Å². The molecule has 0 atom stereocenters. The topological polar surface area (TPSA) is 47.6 Å². The average Bonchev–Trinajstić information content (AvgIpc) is 1.61. The summed E-state index contributed by atoms with van der Waals surface area (Å²) in [6.45, 7) is 3.58. The third-order valence-corrected chi connectivity index (χ3v) is 0.393. The number of thiocarbonyl (C=S) groups is 1. The fourth-order valence-electron chi connectivity index (χ4n) is 0.136. The lowest BCUT2D eigenvalue weighted by Crippen LogP contribution is -2.09. The first-order valence-electron chi connectivity index (χ1n) is 2.10. The molecule has 0 aliphatic carbocycles. The quantitative estimate of drug-likeness (QED) is 0.323. The van der Waals surface area contributed by atoms with E-state index in [9.17, 15) is 0 Å². The minimum atomic E-state index is -0.0498. The van der Waals surface area contributed by atoms with Crippen LogP contribution in [0.25, 0.3) is 0 Å². The maximum Gasteiger partial charge on any atom is 0.286 e. The zero-order valence-corrected chi connectivity index (χ0v) is 5.66. The van der Waals surface area contributed by atoms with Crippen molar-refractivity contribution in [2.45, 2.75) is 13.8 Å². The molecule has 0 bridgehead atoms. The van der Waals surface area contributed by atoms with Gasteiger partial charge >= 0.3 is 0 Å². The summed E-state index contributed by atoms with van der Waals surface area (Å²) >= 11 is 4.36. The summed E-state index contributed by atoms with van der Waals surface area (Å²) in [4.78, 5) is 4.40. The first kappa shape index (κ1) is 7.36. The molecule has 0 aliphatic rings. The standard InChI is InChI=1S/C4H8N2OS/c1-3(2)6-7-4(5)8/h1-2H3,(H2,5,8). The molecule has 46 valence electrons. The van der Waals surface area contributed by atoms with Crippen molar-refractivity contribution in [3.63, 3.8) is 0 Å². The van der Waals surface area contributed by atoms with Crippen LogP contribution in [0.4, 0.5) is 0 Å². The first-order chi connectivity index (χ1) is 3.63. The lowest BCUT2D eigenvalue weighted by atomic mass is 10.5. The van der Waals surface area contributed by atoms with E-state index in [1.165, 1.54) is 0 Å². The molecule has 0 rings (SSSR count). The van der Waals surface area contributed by atoms with Crippen LogP contribution in [0.15, 0.2) is 5.16 Å². The number of rotatable bonds is 1. The van der Waals surface area contributed by atoms with Gasteiger partial charge in [-0.25, -0.2) is 0 Å². The fourth-order valence-corrected chi connectivity index (χ4v) is 0.174. The van der Waals surface area contributed by atoms with Crippen LogP contribution >= 0.6 is 12.2 Å². The van der Waals surface area contributed by atoms with Gasteiger partial charge in [0.15, 0.2) is 0 Å². The van der Waals surface area contributed by atoms with Crippen molar-refractivity contribution in [1.82, 2.24) is 0 Å². The average molecular weight is 132 g/mol. The Labute approximate surface area is 53.5 Å². The van der Waals surface area contributed by atoms with Gasteiger partial charge in [-0.3, -0.25) is 0 Å². The highest BCUT2D eigenvalue weighted by molar-refractivity contribution is 7.79. The van der Waals surface area contributed by atoms with E-state index in [4.69, 9.17) is 5.73 Å². The zero-order chi connectivity index (χ0) is 6.57. The van der Waals surface area contributed by atoms with Crippen LogP contribution in [0.1, 0.15) is 13.8 Å². The molecule has 0 unspecified atom stereocenters. The van der Waals surface area contributed by atoms with E-state index in [0.717, 1.165) is 5.71 Å². The molecule has 0 aromatic carbocycles. The molecule has 0 aromatic heterocycles. The maximum absolute atomic E-state index is 4.94. The van der Waals surface area contributed by atoms with E-state index in [2.05, 4.69) is 22.2 Å². The number of hydrogen-bond acceptors (Lipinski definition) is 3. The van der Waals surface area contributed by atoms with Gasteiger partial charge in [0.2, 0.25) is 0 Å². The minimum absolute atomic E-state index is 0.0498. The predicted molar refractivity (Wildman–Crippen MR) is 36.7 cm³/mol. The number of hydrogen-bond donors (Lipinski definition) is 1. The molecule has 0 amide bonds. The fraction of sp³-hybridized carbons (Fsp3) is 0.500. The highest BCUT2D eigenvalue weighted by Crippen LogP contribution is 1.77. The van der Waals surface area contributed by atoms with Crippen molar-refractivity contribution in [3.05, 3.63) is 0 Å². The van der Waals surface area contributed by atoms with Gasteiger partial charge < -0.3 is 10.6 Å². The second-order valence-electron chi connectivity index (χ2n) is 1.45. The second-order valence-corrected chi connectivity index (χ2v) is 1.85. The number of oxime groups is 1.